The fourth-order valence-corrected chi connectivity index (χ4v) is 3.62. The zero-order valence-corrected chi connectivity index (χ0v) is 17.0. The number of likely N-dealkylation sites (tertiary alicyclic amines) is 1. The summed E-state index contributed by atoms with van der Waals surface area (Å²) >= 11 is 1.27. The van der Waals surface area contributed by atoms with Crippen LogP contribution in [-0.4, -0.2) is 52.6 Å². The minimum atomic E-state index is -0.247. The molecule has 1 saturated heterocycles. The van der Waals surface area contributed by atoms with E-state index >= 15 is 0 Å². The van der Waals surface area contributed by atoms with Crippen LogP contribution in [0.3, 0.4) is 0 Å². The molecule has 0 aliphatic carbocycles. The molecular weight excluding hydrogens is 380 g/mol. The Morgan fingerprint density at radius 3 is 2.68 bits per heavy atom. The summed E-state index contributed by atoms with van der Waals surface area (Å²) in [6.45, 7) is 5.12. The molecule has 0 bridgehead atoms. The summed E-state index contributed by atoms with van der Waals surface area (Å²) in [6.07, 6.45) is 1.43. The first kappa shape index (κ1) is 20.1. The molecule has 1 aromatic carbocycles. The van der Waals surface area contributed by atoms with Gasteiger partial charge in [-0.15, -0.1) is 5.10 Å². The highest BCUT2D eigenvalue weighted by atomic mass is 32.1. The quantitative estimate of drug-likeness (QED) is 0.793. The number of piperidine rings is 1. The second-order valence-electron chi connectivity index (χ2n) is 6.65. The first-order chi connectivity index (χ1) is 13.5. The lowest BCUT2D eigenvalue weighted by Crippen LogP contribution is -2.40. The fourth-order valence-electron chi connectivity index (χ4n) is 3.05. The highest BCUT2D eigenvalue weighted by Gasteiger charge is 2.24. The average Bonchev–Trinajstić information content (AvgIpc) is 3.11. The van der Waals surface area contributed by atoms with E-state index in [2.05, 4.69) is 14.9 Å². The number of aryl methyl sites for hydroxylation is 1. The van der Waals surface area contributed by atoms with E-state index in [-0.39, 0.29) is 17.9 Å². The van der Waals surface area contributed by atoms with Gasteiger partial charge in [-0.3, -0.25) is 9.59 Å². The molecule has 9 heteroatoms. The first-order valence-electron chi connectivity index (χ1n) is 9.14. The Morgan fingerprint density at radius 2 is 2.07 bits per heavy atom. The maximum Gasteiger partial charge on any atom is 0.255 e. The summed E-state index contributed by atoms with van der Waals surface area (Å²) in [5, 5.41) is 6.85. The number of carbonyl (C=O) groups is 2. The first-order valence-corrected chi connectivity index (χ1v) is 9.91. The molecule has 150 valence electrons. The summed E-state index contributed by atoms with van der Waals surface area (Å²) < 4.78 is 15.3. The standard InChI is InChI=1S/C19H24N4O4S/c1-12-18(28-22-21-12)11-20-19(25)16-10-15(26-3)4-5-17(16)27-14-6-8-23(9-7-14)13(2)24/h4-5,10,14H,6-9,11H2,1-3H3,(H,20,25). The summed E-state index contributed by atoms with van der Waals surface area (Å²) in [4.78, 5) is 27.0. The molecule has 2 heterocycles. The van der Waals surface area contributed by atoms with Crippen molar-refractivity contribution in [2.24, 2.45) is 0 Å². The third-order valence-electron chi connectivity index (χ3n) is 4.77. The zero-order chi connectivity index (χ0) is 20.1. The predicted octanol–water partition coefficient (Wildman–Crippen LogP) is 2.17. The Kier molecular flexibility index (Phi) is 6.45. The number of nitrogens with one attached hydrogen (secondary N) is 1. The van der Waals surface area contributed by atoms with Crippen molar-refractivity contribution in [1.82, 2.24) is 19.8 Å². The minimum absolute atomic E-state index is 0.0384. The number of carbonyl (C=O) groups excluding carboxylic acids is 2. The molecule has 1 fully saturated rings. The average molecular weight is 404 g/mol. The predicted molar refractivity (Wildman–Crippen MR) is 105 cm³/mol. The molecule has 0 radical (unpaired) electrons. The number of aromatic nitrogens is 2. The molecule has 2 amide bonds. The molecular formula is C19H24N4O4S. The van der Waals surface area contributed by atoms with Crippen molar-refractivity contribution < 1.29 is 19.1 Å². The van der Waals surface area contributed by atoms with Gasteiger partial charge in [0.25, 0.3) is 5.91 Å². The van der Waals surface area contributed by atoms with Crippen molar-refractivity contribution in [1.29, 1.82) is 0 Å². The van der Waals surface area contributed by atoms with E-state index in [0.717, 1.165) is 23.4 Å². The van der Waals surface area contributed by atoms with Crippen molar-refractivity contribution in [3.63, 3.8) is 0 Å². The van der Waals surface area contributed by atoms with Gasteiger partial charge in [-0.2, -0.15) is 0 Å². The van der Waals surface area contributed by atoms with E-state index in [9.17, 15) is 9.59 Å². The Balaban J connectivity index is 1.70. The lowest BCUT2D eigenvalue weighted by Gasteiger charge is -2.31. The fraction of sp³-hybridized carbons (Fsp3) is 0.474. The van der Waals surface area contributed by atoms with Crippen LogP contribution in [0.2, 0.25) is 0 Å². The number of ether oxygens (including phenoxy) is 2. The normalized spacial score (nSPS) is 14.6. The maximum atomic E-state index is 12.8. The van der Waals surface area contributed by atoms with Gasteiger partial charge in [-0.25, -0.2) is 0 Å². The van der Waals surface area contributed by atoms with Gasteiger partial charge in [0.05, 0.1) is 29.8 Å². The molecule has 8 nitrogen and oxygen atoms in total. The van der Waals surface area contributed by atoms with Crippen LogP contribution < -0.4 is 14.8 Å². The Labute approximate surface area is 168 Å². The smallest absolute Gasteiger partial charge is 0.255 e. The van der Waals surface area contributed by atoms with Crippen LogP contribution in [0.4, 0.5) is 0 Å². The number of benzene rings is 1. The highest BCUT2D eigenvalue weighted by molar-refractivity contribution is 7.05. The van der Waals surface area contributed by atoms with E-state index in [1.54, 1.807) is 32.2 Å². The third kappa shape index (κ3) is 4.78. The molecule has 0 spiro atoms. The van der Waals surface area contributed by atoms with Gasteiger partial charge in [-0.05, 0) is 36.7 Å². The number of methoxy groups -OCH3 is 1. The van der Waals surface area contributed by atoms with Gasteiger partial charge in [0.1, 0.15) is 17.6 Å². The summed E-state index contributed by atoms with van der Waals surface area (Å²) in [6, 6.07) is 5.20. The second-order valence-corrected chi connectivity index (χ2v) is 7.49. The molecule has 0 atom stereocenters. The maximum absolute atomic E-state index is 12.8. The Morgan fingerprint density at radius 1 is 1.32 bits per heavy atom. The number of hydrogen-bond donors (Lipinski definition) is 1. The lowest BCUT2D eigenvalue weighted by molar-refractivity contribution is -0.130. The lowest BCUT2D eigenvalue weighted by atomic mass is 10.1. The van der Waals surface area contributed by atoms with Gasteiger partial charge >= 0.3 is 0 Å². The molecule has 1 aliphatic heterocycles. The van der Waals surface area contributed by atoms with Gasteiger partial charge < -0.3 is 19.7 Å². The Bertz CT molecular complexity index is 846. The van der Waals surface area contributed by atoms with Crippen LogP contribution >= 0.6 is 11.5 Å². The van der Waals surface area contributed by atoms with Crippen LogP contribution in [0.5, 0.6) is 11.5 Å². The molecule has 0 saturated carbocycles. The molecule has 1 aliphatic rings. The van der Waals surface area contributed by atoms with Crippen LogP contribution in [0.15, 0.2) is 18.2 Å². The number of nitrogens with zero attached hydrogens (tertiary/aromatic N) is 3. The molecule has 2 aromatic rings. The van der Waals surface area contributed by atoms with Gasteiger partial charge in [0.2, 0.25) is 5.91 Å². The number of rotatable bonds is 6. The van der Waals surface area contributed by atoms with Crippen LogP contribution in [-0.2, 0) is 11.3 Å². The van der Waals surface area contributed by atoms with Crippen molar-refractivity contribution in [3.8, 4) is 11.5 Å². The molecule has 3 rings (SSSR count). The van der Waals surface area contributed by atoms with Gasteiger partial charge in [-0.1, -0.05) is 4.49 Å². The zero-order valence-electron chi connectivity index (χ0n) is 16.2. The summed E-state index contributed by atoms with van der Waals surface area (Å²) in [5.41, 5.74) is 1.23. The monoisotopic (exact) mass is 404 g/mol. The SMILES string of the molecule is COc1ccc(OC2CCN(C(C)=O)CC2)c(C(=O)NCc2snnc2C)c1. The van der Waals surface area contributed by atoms with Crippen molar-refractivity contribution in [3.05, 3.63) is 34.3 Å². The van der Waals surface area contributed by atoms with E-state index in [1.807, 2.05) is 11.8 Å². The highest BCUT2D eigenvalue weighted by Crippen LogP contribution is 2.27. The molecule has 1 aromatic heterocycles. The van der Waals surface area contributed by atoms with Crippen molar-refractivity contribution in [2.45, 2.75) is 39.3 Å². The van der Waals surface area contributed by atoms with Crippen molar-refractivity contribution >= 4 is 23.3 Å². The molecule has 0 unspecified atom stereocenters. The van der Waals surface area contributed by atoms with Gasteiger partial charge in [0.15, 0.2) is 0 Å². The van der Waals surface area contributed by atoms with E-state index in [1.165, 1.54) is 11.5 Å². The summed E-state index contributed by atoms with van der Waals surface area (Å²) in [5.74, 6) is 0.928. The summed E-state index contributed by atoms with van der Waals surface area (Å²) in [7, 11) is 1.56. The minimum Gasteiger partial charge on any atom is -0.497 e. The topological polar surface area (TPSA) is 93.7 Å². The number of amides is 2. The largest absolute Gasteiger partial charge is 0.497 e. The molecule has 1 N–H and O–H groups in total. The van der Waals surface area contributed by atoms with E-state index in [4.69, 9.17) is 9.47 Å². The third-order valence-corrected chi connectivity index (χ3v) is 5.59. The second kappa shape index (κ2) is 9.01. The Hall–Kier alpha value is -2.68. The molecule has 28 heavy (non-hydrogen) atoms. The van der Waals surface area contributed by atoms with Crippen LogP contribution in [0.25, 0.3) is 0 Å². The van der Waals surface area contributed by atoms with Gasteiger partial charge in [0, 0.05) is 32.9 Å². The van der Waals surface area contributed by atoms with Crippen molar-refractivity contribution in [2.75, 3.05) is 20.2 Å². The van der Waals surface area contributed by atoms with E-state index < -0.39 is 0 Å². The van der Waals surface area contributed by atoms with Crippen LogP contribution in [0, 0.1) is 6.92 Å². The van der Waals surface area contributed by atoms with Crippen LogP contribution in [0.1, 0.15) is 40.7 Å². The number of hydrogen-bond acceptors (Lipinski definition) is 7. The van der Waals surface area contributed by atoms with E-state index in [0.29, 0.717) is 36.7 Å².